The molecule has 6 nitrogen and oxygen atoms in total. The monoisotopic (exact) mass is 419 g/mol. The van der Waals surface area contributed by atoms with Crippen molar-refractivity contribution in [2.45, 2.75) is 13.5 Å². The van der Waals surface area contributed by atoms with Crippen LogP contribution in [0, 0.1) is 0 Å². The van der Waals surface area contributed by atoms with Crippen molar-refractivity contribution in [1.29, 1.82) is 0 Å². The van der Waals surface area contributed by atoms with Crippen LogP contribution in [0.4, 0.5) is 10.5 Å². The van der Waals surface area contributed by atoms with Crippen LogP contribution in [0.5, 0.6) is 5.75 Å². The standard InChI is InChI=1S/C20H19Cl2N3O3/c1-3-25(20(27)23-15-4-6-16(28-2)7-5-15)11-13-8-12-9-14(21)10-17(22)18(12)24-19(13)26/h4-10H,3,11H2,1-2H3,(H,23,27)(H,24,26). The molecule has 0 unspecified atom stereocenters. The summed E-state index contributed by atoms with van der Waals surface area (Å²) in [5.74, 6) is 0.699. The summed E-state index contributed by atoms with van der Waals surface area (Å²) in [4.78, 5) is 29.4. The first-order chi connectivity index (χ1) is 13.4. The quantitative estimate of drug-likeness (QED) is 0.617. The molecule has 0 atom stereocenters. The summed E-state index contributed by atoms with van der Waals surface area (Å²) in [5.41, 5.74) is 1.30. The van der Waals surface area contributed by atoms with Gasteiger partial charge in [0, 0.05) is 28.2 Å². The van der Waals surface area contributed by atoms with E-state index < -0.39 is 0 Å². The number of urea groups is 1. The summed E-state index contributed by atoms with van der Waals surface area (Å²) in [6.45, 7) is 2.42. The van der Waals surface area contributed by atoms with Gasteiger partial charge < -0.3 is 19.9 Å². The number of methoxy groups -OCH3 is 1. The van der Waals surface area contributed by atoms with E-state index in [4.69, 9.17) is 27.9 Å². The molecule has 0 radical (unpaired) electrons. The average Bonchev–Trinajstić information content (AvgIpc) is 2.67. The number of rotatable bonds is 5. The zero-order valence-electron chi connectivity index (χ0n) is 15.4. The van der Waals surface area contributed by atoms with Gasteiger partial charge in [-0.25, -0.2) is 4.79 Å². The van der Waals surface area contributed by atoms with Gasteiger partial charge in [0.15, 0.2) is 0 Å². The second-order valence-electron chi connectivity index (χ2n) is 6.15. The van der Waals surface area contributed by atoms with E-state index in [0.29, 0.717) is 44.5 Å². The Labute approximate surface area is 172 Å². The molecule has 0 spiro atoms. The van der Waals surface area contributed by atoms with Crippen LogP contribution < -0.4 is 15.6 Å². The second-order valence-corrected chi connectivity index (χ2v) is 6.99. The number of H-pyrrole nitrogens is 1. The number of nitrogens with zero attached hydrogens (tertiary/aromatic N) is 1. The van der Waals surface area contributed by atoms with E-state index in [2.05, 4.69) is 10.3 Å². The number of halogens is 2. The zero-order valence-corrected chi connectivity index (χ0v) is 16.9. The zero-order chi connectivity index (χ0) is 20.3. The highest BCUT2D eigenvalue weighted by Crippen LogP contribution is 2.26. The number of carbonyl (C=O) groups excluding carboxylic acids is 1. The molecule has 2 aromatic carbocycles. The van der Waals surface area contributed by atoms with Gasteiger partial charge in [-0.15, -0.1) is 0 Å². The summed E-state index contributed by atoms with van der Waals surface area (Å²) in [6.07, 6.45) is 0. The number of carbonyl (C=O) groups is 1. The minimum atomic E-state index is -0.309. The highest BCUT2D eigenvalue weighted by atomic mass is 35.5. The van der Waals surface area contributed by atoms with Gasteiger partial charge in [0.05, 0.1) is 24.2 Å². The third-order valence-corrected chi connectivity index (χ3v) is 4.83. The summed E-state index contributed by atoms with van der Waals surface area (Å²) in [5, 5.41) is 4.37. The number of aromatic amines is 1. The fraction of sp³-hybridized carbons (Fsp3) is 0.200. The Morgan fingerprint density at radius 1 is 1.18 bits per heavy atom. The fourth-order valence-corrected chi connectivity index (χ4v) is 3.37. The fourth-order valence-electron chi connectivity index (χ4n) is 2.81. The van der Waals surface area contributed by atoms with Crippen LogP contribution in [0.15, 0.2) is 47.3 Å². The van der Waals surface area contributed by atoms with Crippen molar-refractivity contribution in [2.24, 2.45) is 0 Å². The molecule has 0 aliphatic heterocycles. The molecule has 0 aliphatic carbocycles. The lowest BCUT2D eigenvalue weighted by Crippen LogP contribution is -2.36. The smallest absolute Gasteiger partial charge is 0.322 e. The van der Waals surface area contributed by atoms with Crippen LogP contribution in [-0.2, 0) is 6.54 Å². The van der Waals surface area contributed by atoms with E-state index in [9.17, 15) is 9.59 Å². The van der Waals surface area contributed by atoms with Crippen LogP contribution in [0.25, 0.3) is 10.9 Å². The molecule has 1 aromatic heterocycles. The topological polar surface area (TPSA) is 74.4 Å². The molecule has 0 saturated carbocycles. The number of aromatic nitrogens is 1. The third-order valence-electron chi connectivity index (χ3n) is 4.32. The maximum absolute atomic E-state index is 12.6. The van der Waals surface area contributed by atoms with E-state index in [1.807, 2.05) is 6.92 Å². The molecule has 2 amide bonds. The molecular weight excluding hydrogens is 401 g/mol. The molecule has 1 heterocycles. The number of anilines is 1. The van der Waals surface area contributed by atoms with Gasteiger partial charge in [-0.05, 0) is 49.4 Å². The van der Waals surface area contributed by atoms with E-state index in [0.717, 1.165) is 0 Å². The Bertz CT molecular complexity index is 1060. The van der Waals surface area contributed by atoms with E-state index in [1.165, 1.54) is 4.90 Å². The second kappa shape index (κ2) is 8.54. The number of hydrogen-bond donors (Lipinski definition) is 2. The summed E-state index contributed by atoms with van der Waals surface area (Å²) in [6, 6.07) is 11.7. The SMILES string of the molecule is CCN(Cc1cc2cc(Cl)cc(Cl)c2[nH]c1=O)C(=O)Nc1ccc(OC)cc1. The lowest BCUT2D eigenvalue weighted by atomic mass is 10.1. The molecule has 0 aliphatic rings. The van der Waals surface area contributed by atoms with Gasteiger partial charge >= 0.3 is 6.03 Å². The van der Waals surface area contributed by atoms with Crippen LogP contribution in [0.3, 0.4) is 0 Å². The van der Waals surface area contributed by atoms with Gasteiger partial charge in [0.25, 0.3) is 5.56 Å². The molecule has 0 fully saturated rings. The molecule has 2 N–H and O–H groups in total. The Balaban J connectivity index is 1.82. The maximum Gasteiger partial charge on any atom is 0.322 e. The maximum atomic E-state index is 12.6. The van der Waals surface area contributed by atoms with Crippen molar-refractivity contribution in [3.63, 3.8) is 0 Å². The highest BCUT2D eigenvalue weighted by Gasteiger charge is 2.15. The van der Waals surface area contributed by atoms with E-state index in [1.54, 1.807) is 49.6 Å². The summed E-state index contributed by atoms with van der Waals surface area (Å²) >= 11 is 12.2. The lowest BCUT2D eigenvalue weighted by molar-refractivity contribution is 0.212. The Morgan fingerprint density at radius 3 is 2.54 bits per heavy atom. The highest BCUT2D eigenvalue weighted by molar-refractivity contribution is 6.38. The van der Waals surface area contributed by atoms with E-state index in [-0.39, 0.29) is 18.1 Å². The van der Waals surface area contributed by atoms with Crippen LogP contribution in [0.1, 0.15) is 12.5 Å². The van der Waals surface area contributed by atoms with Gasteiger partial charge in [-0.1, -0.05) is 23.2 Å². The molecule has 3 rings (SSSR count). The van der Waals surface area contributed by atoms with Gasteiger partial charge in [0.2, 0.25) is 0 Å². The van der Waals surface area contributed by atoms with Crippen LogP contribution in [-0.4, -0.2) is 29.6 Å². The molecule has 8 heteroatoms. The molecular formula is C20H19Cl2N3O3. The van der Waals surface area contributed by atoms with E-state index >= 15 is 0 Å². The third kappa shape index (κ3) is 4.40. The number of hydrogen-bond acceptors (Lipinski definition) is 3. The number of pyridine rings is 1. The number of benzene rings is 2. The predicted octanol–water partition coefficient (Wildman–Crippen LogP) is 4.90. The first-order valence-electron chi connectivity index (χ1n) is 8.62. The predicted molar refractivity (Wildman–Crippen MR) is 113 cm³/mol. The first-order valence-corrected chi connectivity index (χ1v) is 9.37. The van der Waals surface area contributed by atoms with Crippen LogP contribution >= 0.6 is 23.2 Å². The minimum absolute atomic E-state index is 0.147. The van der Waals surface area contributed by atoms with Crippen molar-refractivity contribution in [3.8, 4) is 5.75 Å². The average molecular weight is 420 g/mol. The lowest BCUT2D eigenvalue weighted by Gasteiger charge is -2.21. The molecule has 3 aromatic rings. The van der Waals surface area contributed by atoms with Gasteiger partial charge in [0.1, 0.15) is 5.75 Å². The number of fused-ring (bicyclic) bond motifs is 1. The molecule has 0 bridgehead atoms. The Hall–Kier alpha value is -2.70. The molecule has 146 valence electrons. The molecule has 0 saturated heterocycles. The van der Waals surface area contributed by atoms with Crippen LogP contribution in [0.2, 0.25) is 10.0 Å². The Morgan fingerprint density at radius 2 is 1.89 bits per heavy atom. The normalized spacial score (nSPS) is 10.7. The van der Waals surface area contributed by atoms with Crippen molar-refractivity contribution < 1.29 is 9.53 Å². The number of nitrogens with one attached hydrogen (secondary N) is 2. The summed E-state index contributed by atoms with van der Waals surface area (Å²) < 4.78 is 5.11. The Kier molecular flexibility index (Phi) is 6.11. The minimum Gasteiger partial charge on any atom is -0.497 e. The van der Waals surface area contributed by atoms with Gasteiger partial charge in [-0.2, -0.15) is 0 Å². The largest absolute Gasteiger partial charge is 0.497 e. The van der Waals surface area contributed by atoms with Gasteiger partial charge in [-0.3, -0.25) is 4.79 Å². The summed E-state index contributed by atoms with van der Waals surface area (Å²) in [7, 11) is 1.58. The number of amides is 2. The molecule has 28 heavy (non-hydrogen) atoms. The van der Waals surface area contributed by atoms with Crippen molar-refractivity contribution in [2.75, 3.05) is 19.0 Å². The first kappa shape index (κ1) is 20.0. The number of ether oxygens (including phenoxy) is 1. The van der Waals surface area contributed by atoms with Crippen molar-refractivity contribution >= 4 is 45.8 Å². The van der Waals surface area contributed by atoms with Crippen molar-refractivity contribution in [3.05, 3.63) is 68.4 Å². The van der Waals surface area contributed by atoms with Crippen molar-refractivity contribution in [1.82, 2.24) is 9.88 Å².